The van der Waals surface area contributed by atoms with Crippen LogP contribution in [0, 0.1) is 6.92 Å². The zero-order valence-corrected chi connectivity index (χ0v) is 13.2. The van der Waals surface area contributed by atoms with Gasteiger partial charge in [0.1, 0.15) is 0 Å². The molecular formula is C10H16NO3SY-. The Bertz CT molecular complexity index is 296. The zero-order valence-electron chi connectivity index (χ0n) is 9.53. The smallest absolute Gasteiger partial charge is 0.284 e. The molecule has 0 aliphatic heterocycles. The van der Waals surface area contributed by atoms with Gasteiger partial charge < -0.3 is 15.6 Å². The molecule has 6 heteroatoms. The van der Waals surface area contributed by atoms with Crippen molar-refractivity contribution >= 4 is 22.3 Å². The van der Waals surface area contributed by atoms with Crippen LogP contribution >= 0.6 is 11.3 Å². The van der Waals surface area contributed by atoms with Gasteiger partial charge in [0.25, 0.3) is 5.97 Å². The monoisotopic (exact) mass is 319 g/mol. The predicted octanol–water partition coefficient (Wildman–Crippen LogP) is 1.69. The second kappa shape index (κ2) is 10.1. The first kappa shape index (κ1) is 18.3. The van der Waals surface area contributed by atoms with E-state index in [-0.39, 0.29) is 45.3 Å². The van der Waals surface area contributed by atoms with Gasteiger partial charge in [-0.25, -0.2) is 11.3 Å². The summed E-state index contributed by atoms with van der Waals surface area (Å²) in [4.78, 5) is 11.2. The third kappa shape index (κ3) is 5.84. The Hall–Kier alpha value is -0.0961. The van der Waals surface area contributed by atoms with Gasteiger partial charge in [-0.05, 0) is 19.4 Å². The normalized spacial score (nSPS) is 8.44. The maximum Gasteiger partial charge on any atom is 0.284 e. The van der Waals surface area contributed by atoms with E-state index >= 15 is 0 Å². The Kier molecular flexibility index (Phi) is 11.5. The summed E-state index contributed by atoms with van der Waals surface area (Å²) < 4.78 is 4.80. The molecule has 16 heavy (non-hydrogen) atoms. The predicted molar refractivity (Wildman–Crippen MR) is 61.9 cm³/mol. The van der Waals surface area contributed by atoms with Crippen molar-refractivity contribution in [1.82, 2.24) is 0 Å². The van der Waals surface area contributed by atoms with Crippen molar-refractivity contribution in [3.63, 3.8) is 0 Å². The molecule has 0 aliphatic rings. The van der Waals surface area contributed by atoms with Crippen LogP contribution < -0.4 is 5.73 Å². The van der Waals surface area contributed by atoms with E-state index in [4.69, 9.17) is 15.6 Å². The molecule has 0 amide bonds. The number of thiophene rings is 1. The van der Waals surface area contributed by atoms with Crippen molar-refractivity contribution in [1.29, 1.82) is 0 Å². The first-order chi connectivity index (χ1) is 7.08. The van der Waals surface area contributed by atoms with Crippen LogP contribution in [0.3, 0.4) is 0 Å². The summed E-state index contributed by atoms with van der Waals surface area (Å²) in [5.41, 5.74) is 6.59. The number of nitrogen functional groups attached to an aromatic ring is 1. The summed E-state index contributed by atoms with van der Waals surface area (Å²) in [6, 6.07) is 0. The van der Waals surface area contributed by atoms with Crippen LogP contribution in [0.5, 0.6) is 0 Å². The fraction of sp³-hybridized carbons (Fsp3) is 0.400. The van der Waals surface area contributed by atoms with E-state index in [2.05, 4.69) is 6.92 Å². The summed E-state index contributed by atoms with van der Waals surface area (Å²) in [6.45, 7) is 7.71. The van der Waals surface area contributed by atoms with E-state index in [0.29, 0.717) is 22.7 Å². The van der Waals surface area contributed by atoms with Gasteiger partial charge in [0, 0.05) is 44.3 Å². The largest absolute Gasteiger partial charge is 0.471 e. The number of esters is 1. The molecule has 1 aromatic rings. The van der Waals surface area contributed by atoms with Crippen molar-refractivity contribution < 1.29 is 47.3 Å². The average molecular weight is 319 g/mol. The van der Waals surface area contributed by atoms with Crippen molar-refractivity contribution in [2.75, 3.05) is 18.9 Å². The van der Waals surface area contributed by atoms with Gasteiger partial charge in [0.2, 0.25) is 0 Å². The third-order valence-electron chi connectivity index (χ3n) is 1.38. The maximum absolute atomic E-state index is 11.2. The van der Waals surface area contributed by atoms with E-state index in [1.807, 2.05) is 0 Å². The SMILES string of the molecule is CCO.[CH2-]c1csc(N)c1C(=O)OCC.[Y]. The Morgan fingerprint density at radius 1 is 1.62 bits per heavy atom. The number of hydrogen-bond donors (Lipinski definition) is 2. The van der Waals surface area contributed by atoms with Gasteiger partial charge in [-0.2, -0.15) is 12.5 Å². The van der Waals surface area contributed by atoms with Crippen LogP contribution in [0.25, 0.3) is 0 Å². The van der Waals surface area contributed by atoms with Gasteiger partial charge in [-0.1, -0.05) is 0 Å². The number of carbonyl (C=O) groups is 1. The maximum atomic E-state index is 11.2. The van der Waals surface area contributed by atoms with Gasteiger partial charge in [0.05, 0.1) is 6.61 Å². The van der Waals surface area contributed by atoms with E-state index in [1.165, 1.54) is 11.3 Å². The summed E-state index contributed by atoms with van der Waals surface area (Å²) in [7, 11) is 0. The minimum absolute atomic E-state index is 0. The van der Waals surface area contributed by atoms with Gasteiger partial charge in [-0.15, -0.1) is 5.38 Å². The Morgan fingerprint density at radius 2 is 2.12 bits per heavy atom. The molecule has 0 saturated heterocycles. The number of carbonyl (C=O) groups excluding carboxylic acids is 1. The Balaban J connectivity index is 0. The second-order valence-corrected chi connectivity index (χ2v) is 3.45. The van der Waals surface area contributed by atoms with Crippen molar-refractivity contribution in [2.45, 2.75) is 13.8 Å². The fourth-order valence-corrected chi connectivity index (χ4v) is 1.57. The van der Waals surface area contributed by atoms with Gasteiger partial charge >= 0.3 is 0 Å². The molecule has 1 heterocycles. The molecule has 0 spiro atoms. The Morgan fingerprint density at radius 3 is 2.44 bits per heavy atom. The van der Waals surface area contributed by atoms with Crippen LogP contribution in [0.15, 0.2) is 5.38 Å². The number of ether oxygens (including phenoxy) is 1. The number of nitrogens with two attached hydrogens (primary N) is 1. The quantitative estimate of drug-likeness (QED) is 0.643. The molecule has 4 nitrogen and oxygen atoms in total. The second-order valence-electron chi connectivity index (χ2n) is 2.54. The summed E-state index contributed by atoms with van der Waals surface area (Å²) in [5, 5.41) is 9.78. The zero-order chi connectivity index (χ0) is 11.8. The number of anilines is 1. The van der Waals surface area contributed by atoms with Gasteiger partial charge in [0.15, 0.2) is 0 Å². The molecule has 0 aliphatic carbocycles. The number of hydrogen-bond acceptors (Lipinski definition) is 5. The van der Waals surface area contributed by atoms with E-state index in [1.54, 1.807) is 19.2 Å². The van der Waals surface area contributed by atoms with Crippen molar-refractivity contribution in [2.24, 2.45) is 0 Å². The average Bonchev–Trinajstić information content (AvgIpc) is 2.48. The molecule has 0 fully saturated rings. The van der Waals surface area contributed by atoms with Crippen molar-refractivity contribution in [3.8, 4) is 0 Å². The number of aliphatic hydroxyl groups excluding tert-OH is 1. The third-order valence-corrected chi connectivity index (χ3v) is 2.24. The van der Waals surface area contributed by atoms with E-state index in [9.17, 15) is 4.79 Å². The minimum Gasteiger partial charge on any atom is -0.471 e. The number of rotatable bonds is 2. The molecule has 0 atom stereocenters. The van der Waals surface area contributed by atoms with Crippen molar-refractivity contribution in [3.05, 3.63) is 23.4 Å². The summed E-state index contributed by atoms with van der Waals surface area (Å²) >= 11 is 1.30. The minimum atomic E-state index is -0.388. The molecule has 89 valence electrons. The number of aliphatic hydroxyl groups is 1. The molecular weight excluding hydrogens is 303 g/mol. The molecule has 1 rings (SSSR count). The summed E-state index contributed by atoms with van der Waals surface area (Å²) in [5.74, 6) is -0.388. The molecule has 0 saturated carbocycles. The van der Waals surface area contributed by atoms with Gasteiger partial charge in [-0.3, -0.25) is 4.79 Å². The fourth-order valence-electron chi connectivity index (χ4n) is 0.846. The topological polar surface area (TPSA) is 72.5 Å². The van der Waals surface area contributed by atoms with Crippen LogP contribution in [0.1, 0.15) is 29.8 Å². The summed E-state index contributed by atoms with van der Waals surface area (Å²) in [6.07, 6.45) is 0. The van der Waals surface area contributed by atoms with Crippen LogP contribution in [0.4, 0.5) is 5.00 Å². The first-order valence-corrected chi connectivity index (χ1v) is 5.43. The standard InChI is InChI=1S/C8H10NO2S.C2H6O.Y/c1-3-11-8(10)6-5(2)4-12-7(6)9;1-2-3;/h4H,2-3,9H2,1H3;3H,2H2,1H3;/q-1;;. The van der Waals surface area contributed by atoms with E-state index in [0.717, 1.165) is 0 Å². The molecule has 0 bridgehead atoms. The molecule has 1 radical (unpaired) electrons. The first-order valence-electron chi connectivity index (χ1n) is 4.55. The molecule has 1 aromatic heterocycles. The molecule has 0 unspecified atom stereocenters. The van der Waals surface area contributed by atoms with E-state index < -0.39 is 0 Å². The Labute approximate surface area is 125 Å². The van der Waals surface area contributed by atoms with Crippen LogP contribution in [-0.2, 0) is 37.4 Å². The van der Waals surface area contributed by atoms with Crippen LogP contribution in [0.2, 0.25) is 0 Å². The molecule has 0 aromatic carbocycles. The van der Waals surface area contributed by atoms with Crippen LogP contribution in [-0.4, -0.2) is 24.3 Å². The molecule has 3 N–H and O–H groups in total.